The zero-order chi connectivity index (χ0) is 21.3. The molecule has 1 aliphatic rings. The largest absolute Gasteiger partial charge is 0.324 e. The molecule has 1 heterocycles. The van der Waals surface area contributed by atoms with Gasteiger partial charge in [-0.1, -0.05) is 54.1 Å². The molecule has 0 aliphatic carbocycles. The van der Waals surface area contributed by atoms with E-state index in [1.165, 1.54) is 0 Å². The van der Waals surface area contributed by atoms with Crippen molar-refractivity contribution in [2.45, 2.75) is 26.3 Å². The standard InChI is InChI=1S/C25H22N2O3/c1-16-10-12-18(13-11-16)15-22(23(28)26-19-7-5-6-17(2)14-19)27-24(29)20-8-3-4-9-21(20)25(27)30/h3-14,22H,15H2,1-2H3,(H,26,28). The molecule has 150 valence electrons. The lowest BCUT2D eigenvalue weighted by Gasteiger charge is -2.25. The zero-order valence-corrected chi connectivity index (χ0v) is 16.9. The van der Waals surface area contributed by atoms with Crippen molar-refractivity contribution >= 4 is 23.4 Å². The molecule has 5 heteroatoms. The fourth-order valence-electron chi connectivity index (χ4n) is 3.69. The van der Waals surface area contributed by atoms with Crippen LogP contribution in [0.15, 0.2) is 72.8 Å². The van der Waals surface area contributed by atoms with E-state index in [1.807, 2.05) is 56.3 Å². The van der Waals surface area contributed by atoms with E-state index >= 15 is 0 Å². The van der Waals surface area contributed by atoms with Gasteiger partial charge in [0.2, 0.25) is 5.91 Å². The molecule has 0 aromatic heterocycles. The van der Waals surface area contributed by atoms with Crippen LogP contribution in [0, 0.1) is 13.8 Å². The average Bonchev–Trinajstić information content (AvgIpc) is 2.98. The Morgan fingerprint density at radius 3 is 2.07 bits per heavy atom. The smallest absolute Gasteiger partial charge is 0.262 e. The number of fused-ring (bicyclic) bond motifs is 1. The fraction of sp³-hybridized carbons (Fsp3) is 0.160. The number of aryl methyl sites for hydroxylation is 2. The summed E-state index contributed by atoms with van der Waals surface area (Å²) >= 11 is 0. The topological polar surface area (TPSA) is 66.5 Å². The van der Waals surface area contributed by atoms with E-state index in [2.05, 4.69) is 5.32 Å². The van der Waals surface area contributed by atoms with Crippen LogP contribution in [0.5, 0.6) is 0 Å². The van der Waals surface area contributed by atoms with E-state index in [0.717, 1.165) is 21.6 Å². The Labute approximate surface area is 175 Å². The van der Waals surface area contributed by atoms with Crippen LogP contribution in [-0.4, -0.2) is 28.7 Å². The van der Waals surface area contributed by atoms with Crippen LogP contribution in [0.2, 0.25) is 0 Å². The fourth-order valence-corrected chi connectivity index (χ4v) is 3.69. The molecule has 0 radical (unpaired) electrons. The van der Waals surface area contributed by atoms with E-state index in [1.54, 1.807) is 30.3 Å². The summed E-state index contributed by atoms with van der Waals surface area (Å²) in [5.74, 6) is -1.27. The van der Waals surface area contributed by atoms with Crippen molar-refractivity contribution in [3.05, 3.63) is 101 Å². The predicted molar refractivity (Wildman–Crippen MR) is 115 cm³/mol. The SMILES string of the molecule is Cc1ccc(CC(C(=O)Nc2cccc(C)c2)N2C(=O)c3ccccc3C2=O)cc1. The zero-order valence-electron chi connectivity index (χ0n) is 16.9. The first kappa shape index (κ1) is 19.6. The molecule has 0 saturated carbocycles. The van der Waals surface area contributed by atoms with E-state index < -0.39 is 23.8 Å². The minimum atomic E-state index is -0.958. The summed E-state index contributed by atoms with van der Waals surface area (Å²) in [6.07, 6.45) is 0.239. The van der Waals surface area contributed by atoms with Crippen LogP contribution in [0.25, 0.3) is 0 Å². The van der Waals surface area contributed by atoms with Gasteiger partial charge in [-0.25, -0.2) is 0 Å². The summed E-state index contributed by atoms with van der Waals surface area (Å²) < 4.78 is 0. The van der Waals surface area contributed by atoms with E-state index in [4.69, 9.17) is 0 Å². The Bertz CT molecular complexity index is 1100. The Balaban J connectivity index is 1.68. The van der Waals surface area contributed by atoms with Gasteiger partial charge >= 0.3 is 0 Å². The van der Waals surface area contributed by atoms with Crippen molar-refractivity contribution in [3.8, 4) is 0 Å². The van der Waals surface area contributed by atoms with Crippen LogP contribution in [0.1, 0.15) is 37.4 Å². The molecule has 1 aliphatic heterocycles. The molecule has 3 amide bonds. The van der Waals surface area contributed by atoms with Crippen LogP contribution in [-0.2, 0) is 11.2 Å². The van der Waals surface area contributed by atoms with Crippen molar-refractivity contribution in [2.75, 3.05) is 5.32 Å². The second-order valence-corrected chi connectivity index (χ2v) is 7.59. The number of carbonyl (C=O) groups excluding carboxylic acids is 3. The molecule has 1 unspecified atom stereocenters. The number of imide groups is 1. The van der Waals surface area contributed by atoms with Crippen LogP contribution in [0.3, 0.4) is 0 Å². The number of nitrogens with one attached hydrogen (secondary N) is 1. The summed E-state index contributed by atoms with van der Waals surface area (Å²) in [4.78, 5) is 40.4. The highest BCUT2D eigenvalue weighted by atomic mass is 16.2. The Hall–Kier alpha value is -3.73. The molecule has 4 rings (SSSR count). The van der Waals surface area contributed by atoms with Gasteiger partial charge in [0.15, 0.2) is 0 Å². The van der Waals surface area contributed by atoms with Gasteiger partial charge in [0, 0.05) is 12.1 Å². The van der Waals surface area contributed by atoms with Crippen LogP contribution < -0.4 is 5.32 Å². The summed E-state index contributed by atoms with van der Waals surface area (Å²) in [6, 6.07) is 20.9. The summed E-state index contributed by atoms with van der Waals surface area (Å²) in [7, 11) is 0. The quantitative estimate of drug-likeness (QED) is 0.657. The number of nitrogens with zero attached hydrogens (tertiary/aromatic N) is 1. The molecule has 3 aromatic rings. The second kappa shape index (κ2) is 7.95. The highest BCUT2D eigenvalue weighted by Crippen LogP contribution is 2.27. The van der Waals surface area contributed by atoms with Crippen molar-refractivity contribution < 1.29 is 14.4 Å². The lowest BCUT2D eigenvalue weighted by molar-refractivity contribution is -0.119. The Kier molecular flexibility index (Phi) is 5.19. The maximum atomic E-state index is 13.3. The second-order valence-electron chi connectivity index (χ2n) is 7.59. The molecule has 0 bridgehead atoms. The van der Waals surface area contributed by atoms with Crippen molar-refractivity contribution in [3.63, 3.8) is 0 Å². The van der Waals surface area contributed by atoms with Gasteiger partial charge in [0.25, 0.3) is 11.8 Å². The minimum Gasteiger partial charge on any atom is -0.324 e. The van der Waals surface area contributed by atoms with Crippen molar-refractivity contribution in [1.82, 2.24) is 4.90 Å². The van der Waals surface area contributed by atoms with Gasteiger partial charge in [0.1, 0.15) is 6.04 Å². The first-order chi connectivity index (χ1) is 14.4. The first-order valence-electron chi connectivity index (χ1n) is 9.84. The van der Waals surface area contributed by atoms with Gasteiger partial charge in [-0.3, -0.25) is 19.3 Å². The molecule has 5 nitrogen and oxygen atoms in total. The van der Waals surface area contributed by atoms with Gasteiger partial charge in [-0.15, -0.1) is 0 Å². The molecule has 1 N–H and O–H groups in total. The summed E-state index contributed by atoms with van der Waals surface area (Å²) in [6.45, 7) is 3.92. The molecule has 1 atom stereocenters. The van der Waals surface area contributed by atoms with Gasteiger partial charge < -0.3 is 5.32 Å². The Morgan fingerprint density at radius 2 is 1.47 bits per heavy atom. The number of hydrogen-bond donors (Lipinski definition) is 1. The molecule has 30 heavy (non-hydrogen) atoms. The number of carbonyl (C=O) groups is 3. The number of amides is 3. The molecular formula is C25H22N2O3. The van der Waals surface area contributed by atoms with Crippen molar-refractivity contribution in [2.24, 2.45) is 0 Å². The third-order valence-corrected chi connectivity index (χ3v) is 5.28. The van der Waals surface area contributed by atoms with Crippen molar-refractivity contribution in [1.29, 1.82) is 0 Å². The normalized spacial score (nSPS) is 13.9. The van der Waals surface area contributed by atoms with E-state index in [-0.39, 0.29) is 6.42 Å². The van der Waals surface area contributed by atoms with Crippen LogP contribution in [0.4, 0.5) is 5.69 Å². The van der Waals surface area contributed by atoms with E-state index in [9.17, 15) is 14.4 Å². The molecule has 0 saturated heterocycles. The predicted octanol–water partition coefficient (Wildman–Crippen LogP) is 4.15. The third kappa shape index (κ3) is 3.74. The van der Waals surface area contributed by atoms with E-state index in [0.29, 0.717) is 16.8 Å². The minimum absolute atomic E-state index is 0.239. The maximum absolute atomic E-state index is 13.3. The van der Waals surface area contributed by atoms with Gasteiger partial charge in [-0.05, 0) is 49.2 Å². The molecular weight excluding hydrogens is 376 g/mol. The molecule has 0 fully saturated rings. The third-order valence-electron chi connectivity index (χ3n) is 5.28. The highest BCUT2D eigenvalue weighted by molar-refractivity contribution is 6.23. The highest BCUT2D eigenvalue weighted by Gasteiger charge is 2.42. The van der Waals surface area contributed by atoms with Gasteiger partial charge in [0.05, 0.1) is 11.1 Å². The average molecular weight is 398 g/mol. The number of anilines is 1. The monoisotopic (exact) mass is 398 g/mol. The Morgan fingerprint density at radius 1 is 0.833 bits per heavy atom. The summed E-state index contributed by atoms with van der Waals surface area (Å²) in [5.41, 5.74) is 4.27. The number of hydrogen-bond acceptors (Lipinski definition) is 3. The van der Waals surface area contributed by atoms with Gasteiger partial charge in [-0.2, -0.15) is 0 Å². The maximum Gasteiger partial charge on any atom is 0.262 e. The number of benzene rings is 3. The first-order valence-corrected chi connectivity index (χ1v) is 9.84. The lowest BCUT2D eigenvalue weighted by atomic mass is 10.0. The van der Waals surface area contributed by atoms with Crippen LogP contribution >= 0.6 is 0 Å². The molecule has 0 spiro atoms. The molecule has 3 aromatic carbocycles. The number of rotatable bonds is 5. The summed E-state index contributed by atoms with van der Waals surface area (Å²) in [5, 5.41) is 2.87. The lowest BCUT2D eigenvalue weighted by Crippen LogP contribution is -2.48.